The number of fused-ring (bicyclic) bond motifs is 1. The van der Waals surface area contributed by atoms with Gasteiger partial charge in [0.2, 0.25) is 5.91 Å². The van der Waals surface area contributed by atoms with E-state index in [0.29, 0.717) is 11.3 Å². The van der Waals surface area contributed by atoms with Crippen molar-refractivity contribution in [2.45, 2.75) is 33.2 Å². The maximum absolute atomic E-state index is 12.3. The van der Waals surface area contributed by atoms with E-state index in [2.05, 4.69) is 30.4 Å². The normalized spacial score (nSPS) is 12.5. The van der Waals surface area contributed by atoms with Gasteiger partial charge in [-0.2, -0.15) is 0 Å². The molecule has 0 fully saturated rings. The molecule has 3 rings (SSSR count). The van der Waals surface area contributed by atoms with Crippen LogP contribution in [-0.4, -0.2) is 11.1 Å². The smallest absolute Gasteiger partial charge is 0.226 e. The van der Waals surface area contributed by atoms with Crippen LogP contribution in [0.2, 0.25) is 0 Å². The van der Waals surface area contributed by atoms with Crippen LogP contribution in [0.3, 0.4) is 0 Å². The van der Waals surface area contributed by atoms with Gasteiger partial charge in [0.25, 0.3) is 0 Å². The summed E-state index contributed by atoms with van der Waals surface area (Å²) in [5, 5.41) is 7.94. The highest BCUT2D eigenvalue weighted by Crippen LogP contribution is 2.26. The van der Waals surface area contributed by atoms with Gasteiger partial charge in [0.15, 0.2) is 5.58 Å². The molecule has 0 aliphatic rings. The van der Waals surface area contributed by atoms with Crippen molar-refractivity contribution >= 4 is 28.2 Å². The van der Waals surface area contributed by atoms with Gasteiger partial charge in [0.1, 0.15) is 5.69 Å². The summed E-state index contributed by atoms with van der Waals surface area (Å²) in [7, 11) is 0. The second-order valence-electron chi connectivity index (χ2n) is 5.46. The fourth-order valence-electron chi connectivity index (χ4n) is 2.67. The maximum atomic E-state index is 12.3. The summed E-state index contributed by atoms with van der Waals surface area (Å²) in [5.41, 5.74) is 2.57. The number of hydrogen-bond acceptors (Lipinski definition) is 4. The number of carbonyl (C=O) groups excluding carboxylic acids is 1. The molecule has 0 bridgehead atoms. The van der Waals surface area contributed by atoms with Gasteiger partial charge in [-0.25, -0.2) is 0 Å². The Kier molecular flexibility index (Phi) is 3.98. The van der Waals surface area contributed by atoms with Crippen molar-refractivity contribution in [2.24, 2.45) is 0 Å². The largest absolute Gasteiger partial charge is 0.356 e. The van der Waals surface area contributed by atoms with Gasteiger partial charge in [-0.15, -0.1) is 11.3 Å². The Morgan fingerprint density at radius 1 is 1.36 bits per heavy atom. The first-order valence-corrected chi connectivity index (χ1v) is 8.06. The standard InChI is InChI=1S/C17H18N2O2S/c1-10-8-14(12(3)22-10)11(2)18-17(20)9-15-13-6-4-5-7-16(13)21-19-15/h4-8,11H,9H2,1-3H3,(H,18,20)/t11-/m0/s1. The van der Waals surface area contributed by atoms with Crippen molar-refractivity contribution < 1.29 is 9.32 Å². The van der Waals surface area contributed by atoms with Crippen molar-refractivity contribution in [1.29, 1.82) is 0 Å². The number of nitrogens with one attached hydrogen (secondary N) is 1. The van der Waals surface area contributed by atoms with Crippen LogP contribution in [0.5, 0.6) is 0 Å². The highest BCUT2D eigenvalue weighted by atomic mass is 32.1. The zero-order chi connectivity index (χ0) is 15.7. The maximum Gasteiger partial charge on any atom is 0.226 e. The lowest BCUT2D eigenvalue weighted by Crippen LogP contribution is -2.28. The molecular weight excluding hydrogens is 296 g/mol. The van der Waals surface area contributed by atoms with Gasteiger partial charge in [0, 0.05) is 15.1 Å². The molecule has 22 heavy (non-hydrogen) atoms. The zero-order valence-electron chi connectivity index (χ0n) is 12.8. The molecule has 0 spiro atoms. The van der Waals surface area contributed by atoms with Crippen LogP contribution < -0.4 is 5.32 Å². The monoisotopic (exact) mass is 314 g/mol. The van der Waals surface area contributed by atoms with E-state index >= 15 is 0 Å². The lowest BCUT2D eigenvalue weighted by Gasteiger charge is -2.13. The molecule has 1 N–H and O–H groups in total. The Balaban J connectivity index is 1.71. The number of aromatic nitrogens is 1. The summed E-state index contributed by atoms with van der Waals surface area (Å²) < 4.78 is 5.23. The van der Waals surface area contributed by atoms with Crippen LogP contribution in [0.4, 0.5) is 0 Å². The quantitative estimate of drug-likeness (QED) is 0.794. The lowest BCUT2D eigenvalue weighted by atomic mass is 10.1. The average molecular weight is 314 g/mol. The third kappa shape index (κ3) is 2.90. The Hall–Kier alpha value is -2.14. The van der Waals surface area contributed by atoms with E-state index in [4.69, 9.17) is 4.52 Å². The van der Waals surface area contributed by atoms with Crippen molar-refractivity contribution in [3.63, 3.8) is 0 Å². The van der Waals surface area contributed by atoms with Gasteiger partial charge in [-0.05, 0) is 44.5 Å². The molecule has 0 aliphatic heterocycles. The molecule has 2 aromatic heterocycles. The molecule has 2 heterocycles. The molecule has 0 aliphatic carbocycles. The number of nitrogens with zero attached hydrogens (tertiary/aromatic N) is 1. The molecule has 0 saturated heterocycles. The Bertz CT molecular complexity index is 819. The number of rotatable bonds is 4. The summed E-state index contributed by atoms with van der Waals surface area (Å²) in [6.45, 7) is 6.17. The predicted molar refractivity (Wildman–Crippen MR) is 88.1 cm³/mol. The van der Waals surface area contributed by atoms with E-state index in [9.17, 15) is 4.79 Å². The SMILES string of the molecule is Cc1cc([C@H](C)NC(=O)Cc2noc3ccccc23)c(C)s1. The summed E-state index contributed by atoms with van der Waals surface area (Å²) in [6.07, 6.45) is 0.226. The highest BCUT2D eigenvalue weighted by Gasteiger charge is 2.16. The molecule has 0 saturated carbocycles. The number of thiophene rings is 1. The molecule has 4 nitrogen and oxygen atoms in total. The first kappa shape index (κ1) is 14.8. The van der Waals surface area contributed by atoms with Crippen LogP contribution >= 0.6 is 11.3 Å². The van der Waals surface area contributed by atoms with E-state index < -0.39 is 0 Å². The molecule has 5 heteroatoms. The van der Waals surface area contributed by atoms with Gasteiger partial charge in [0.05, 0.1) is 12.5 Å². The van der Waals surface area contributed by atoms with E-state index in [0.717, 1.165) is 5.39 Å². The van der Waals surface area contributed by atoms with Crippen LogP contribution in [0.1, 0.15) is 34.0 Å². The second-order valence-corrected chi connectivity index (χ2v) is 6.92. The first-order valence-electron chi connectivity index (χ1n) is 7.24. The fourth-order valence-corrected chi connectivity index (χ4v) is 3.69. The van der Waals surface area contributed by atoms with Crippen LogP contribution in [0.25, 0.3) is 11.0 Å². The summed E-state index contributed by atoms with van der Waals surface area (Å²) in [4.78, 5) is 14.8. The first-order chi connectivity index (χ1) is 10.5. The van der Waals surface area contributed by atoms with Crippen LogP contribution in [-0.2, 0) is 11.2 Å². The van der Waals surface area contributed by atoms with Crippen molar-refractivity contribution in [3.8, 4) is 0 Å². The third-order valence-corrected chi connectivity index (χ3v) is 4.69. The minimum atomic E-state index is -0.0465. The Labute approximate surface area is 133 Å². The minimum Gasteiger partial charge on any atom is -0.356 e. The number of benzene rings is 1. The zero-order valence-corrected chi connectivity index (χ0v) is 13.7. The second kappa shape index (κ2) is 5.93. The van der Waals surface area contributed by atoms with Gasteiger partial charge >= 0.3 is 0 Å². The highest BCUT2D eigenvalue weighted by molar-refractivity contribution is 7.12. The summed E-state index contributed by atoms with van der Waals surface area (Å²) in [6, 6.07) is 9.71. The average Bonchev–Trinajstić information content (AvgIpc) is 3.02. The Morgan fingerprint density at radius 3 is 2.86 bits per heavy atom. The number of para-hydroxylation sites is 1. The predicted octanol–water partition coefficient (Wildman–Crippen LogP) is 3.93. The van der Waals surface area contributed by atoms with Crippen molar-refractivity contribution in [3.05, 3.63) is 51.3 Å². The molecule has 0 radical (unpaired) electrons. The van der Waals surface area contributed by atoms with E-state index in [1.165, 1.54) is 15.3 Å². The van der Waals surface area contributed by atoms with E-state index in [1.54, 1.807) is 11.3 Å². The van der Waals surface area contributed by atoms with Gasteiger partial charge in [-0.1, -0.05) is 17.3 Å². The summed E-state index contributed by atoms with van der Waals surface area (Å²) >= 11 is 1.75. The van der Waals surface area contributed by atoms with E-state index in [-0.39, 0.29) is 18.4 Å². The number of aryl methyl sites for hydroxylation is 2. The number of hydrogen-bond donors (Lipinski definition) is 1. The number of amides is 1. The number of carbonyl (C=O) groups is 1. The molecule has 0 unspecified atom stereocenters. The Morgan fingerprint density at radius 2 is 2.14 bits per heavy atom. The fraction of sp³-hybridized carbons (Fsp3) is 0.294. The lowest BCUT2D eigenvalue weighted by molar-refractivity contribution is -0.121. The van der Waals surface area contributed by atoms with Gasteiger partial charge < -0.3 is 9.84 Å². The third-order valence-electron chi connectivity index (χ3n) is 3.70. The molecule has 1 amide bonds. The van der Waals surface area contributed by atoms with Crippen molar-refractivity contribution in [2.75, 3.05) is 0 Å². The molecule has 1 aromatic carbocycles. The summed E-state index contributed by atoms with van der Waals surface area (Å²) in [5.74, 6) is -0.0465. The molecule has 3 aromatic rings. The minimum absolute atomic E-state index is 0.00406. The molecular formula is C17H18N2O2S. The molecule has 114 valence electrons. The van der Waals surface area contributed by atoms with Crippen molar-refractivity contribution in [1.82, 2.24) is 10.5 Å². The van der Waals surface area contributed by atoms with E-state index in [1.807, 2.05) is 31.2 Å². The van der Waals surface area contributed by atoms with Crippen LogP contribution in [0.15, 0.2) is 34.9 Å². The van der Waals surface area contributed by atoms with Gasteiger partial charge in [-0.3, -0.25) is 4.79 Å². The molecule has 1 atom stereocenters. The van der Waals surface area contributed by atoms with Crippen LogP contribution in [0, 0.1) is 13.8 Å². The topological polar surface area (TPSA) is 55.1 Å².